The van der Waals surface area contributed by atoms with Crippen LogP contribution >= 0.6 is 0 Å². The zero-order valence-electron chi connectivity index (χ0n) is 9.72. The lowest BCUT2D eigenvalue weighted by atomic mass is 9.97. The summed E-state index contributed by atoms with van der Waals surface area (Å²) >= 11 is 0. The van der Waals surface area contributed by atoms with Crippen LogP contribution in [0.25, 0.3) is 0 Å². The van der Waals surface area contributed by atoms with Crippen LogP contribution in [-0.4, -0.2) is 5.78 Å². The van der Waals surface area contributed by atoms with E-state index in [0.717, 1.165) is 25.2 Å². The Morgan fingerprint density at radius 2 is 2.07 bits per heavy atom. The molecule has 0 radical (unpaired) electrons. The minimum atomic E-state index is 0.439. The summed E-state index contributed by atoms with van der Waals surface area (Å²) < 4.78 is 0. The summed E-state index contributed by atoms with van der Waals surface area (Å²) in [5, 5.41) is 0. The van der Waals surface area contributed by atoms with Crippen LogP contribution in [0.1, 0.15) is 65.2 Å². The normalized spacial score (nSPS) is 22.2. The zero-order chi connectivity index (χ0) is 10.4. The average Bonchev–Trinajstić information content (AvgIpc) is 2.51. The minimum Gasteiger partial charge on any atom is -0.299 e. The van der Waals surface area contributed by atoms with Crippen LogP contribution in [0.2, 0.25) is 0 Å². The first kappa shape index (κ1) is 11.7. The number of ketones is 1. The number of carbonyl (C=O) groups excluding carboxylic acids is 1. The summed E-state index contributed by atoms with van der Waals surface area (Å²) in [4.78, 5) is 11.3. The predicted molar refractivity (Wildman–Crippen MR) is 60.3 cm³/mol. The Morgan fingerprint density at radius 1 is 1.29 bits per heavy atom. The average molecular weight is 196 g/mol. The van der Waals surface area contributed by atoms with Gasteiger partial charge in [-0.25, -0.2) is 0 Å². The standard InChI is InChI=1S/C13H24O/c1-11(2)7-4-3-5-8-12-9-6-10-13(12)14/h11-12H,3-10H2,1-2H3. The second-order valence-corrected chi connectivity index (χ2v) is 5.09. The van der Waals surface area contributed by atoms with E-state index >= 15 is 0 Å². The molecule has 1 heteroatoms. The highest BCUT2D eigenvalue weighted by molar-refractivity contribution is 5.82. The van der Waals surface area contributed by atoms with Gasteiger partial charge >= 0.3 is 0 Å². The Kier molecular flexibility index (Phi) is 5.21. The van der Waals surface area contributed by atoms with Crippen LogP contribution in [0.5, 0.6) is 0 Å². The molecule has 82 valence electrons. The van der Waals surface area contributed by atoms with Crippen molar-refractivity contribution in [3.8, 4) is 0 Å². The van der Waals surface area contributed by atoms with Gasteiger partial charge < -0.3 is 0 Å². The fraction of sp³-hybridized carbons (Fsp3) is 0.923. The van der Waals surface area contributed by atoms with Gasteiger partial charge in [0.2, 0.25) is 0 Å². The maximum atomic E-state index is 11.3. The molecule has 0 aromatic rings. The molecule has 0 aromatic heterocycles. The van der Waals surface area contributed by atoms with E-state index in [1.807, 2.05) is 0 Å². The van der Waals surface area contributed by atoms with E-state index in [0.29, 0.717) is 11.7 Å². The molecule has 1 unspecified atom stereocenters. The summed E-state index contributed by atoms with van der Waals surface area (Å²) in [7, 11) is 0. The van der Waals surface area contributed by atoms with Crippen molar-refractivity contribution in [2.75, 3.05) is 0 Å². The van der Waals surface area contributed by atoms with Gasteiger partial charge in [0.25, 0.3) is 0 Å². The van der Waals surface area contributed by atoms with Gasteiger partial charge in [0, 0.05) is 12.3 Å². The highest BCUT2D eigenvalue weighted by atomic mass is 16.1. The van der Waals surface area contributed by atoms with E-state index in [1.54, 1.807) is 0 Å². The van der Waals surface area contributed by atoms with Gasteiger partial charge in [-0.3, -0.25) is 4.79 Å². The monoisotopic (exact) mass is 196 g/mol. The maximum Gasteiger partial charge on any atom is 0.135 e. The first-order valence-electron chi connectivity index (χ1n) is 6.23. The first-order valence-corrected chi connectivity index (χ1v) is 6.23. The summed E-state index contributed by atoms with van der Waals surface area (Å²) in [5.74, 6) is 1.81. The van der Waals surface area contributed by atoms with Gasteiger partial charge in [-0.05, 0) is 25.2 Å². The van der Waals surface area contributed by atoms with Gasteiger partial charge in [-0.2, -0.15) is 0 Å². The topological polar surface area (TPSA) is 17.1 Å². The zero-order valence-corrected chi connectivity index (χ0v) is 9.72. The fourth-order valence-electron chi connectivity index (χ4n) is 2.31. The van der Waals surface area contributed by atoms with Crippen molar-refractivity contribution >= 4 is 5.78 Å². The molecule has 1 nitrogen and oxygen atoms in total. The van der Waals surface area contributed by atoms with Gasteiger partial charge in [0.15, 0.2) is 0 Å². The predicted octanol–water partition coefficient (Wildman–Crippen LogP) is 3.96. The number of rotatable bonds is 6. The molecule has 1 aliphatic carbocycles. The molecule has 0 aliphatic heterocycles. The van der Waals surface area contributed by atoms with Crippen molar-refractivity contribution in [1.82, 2.24) is 0 Å². The largest absolute Gasteiger partial charge is 0.299 e. The molecule has 0 heterocycles. The van der Waals surface area contributed by atoms with Crippen molar-refractivity contribution in [3.63, 3.8) is 0 Å². The Hall–Kier alpha value is -0.330. The SMILES string of the molecule is CC(C)CCCCCC1CCCC1=O. The lowest BCUT2D eigenvalue weighted by molar-refractivity contribution is -0.120. The Bertz CT molecular complexity index is 172. The van der Waals surface area contributed by atoms with Crippen molar-refractivity contribution in [2.24, 2.45) is 11.8 Å². The molecular weight excluding hydrogens is 172 g/mol. The smallest absolute Gasteiger partial charge is 0.135 e. The van der Waals surface area contributed by atoms with E-state index < -0.39 is 0 Å². The van der Waals surface area contributed by atoms with Crippen molar-refractivity contribution in [1.29, 1.82) is 0 Å². The van der Waals surface area contributed by atoms with Gasteiger partial charge in [-0.15, -0.1) is 0 Å². The number of carbonyl (C=O) groups is 1. The lowest BCUT2D eigenvalue weighted by Gasteiger charge is -2.07. The lowest BCUT2D eigenvalue weighted by Crippen LogP contribution is -2.05. The molecule has 0 amide bonds. The molecule has 0 bridgehead atoms. The van der Waals surface area contributed by atoms with Crippen LogP contribution in [0, 0.1) is 11.8 Å². The Labute approximate surface area is 88.3 Å². The molecule has 0 aromatic carbocycles. The molecule has 1 fully saturated rings. The highest BCUT2D eigenvalue weighted by Gasteiger charge is 2.23. The molecule has 1 rings (SSSR count). The minimum absolute atomic E-state index is 0.439. The van der Waals surface area contributed by atoms with Gasteiger partial charge in [-0.1, -0.05) is 39.5 Å². The van der Waals surface area contributed by atoms with Crippen LogP contribution in [0.3, 0.4) is 0 Å². The highest BCUT2D eigenvalue weighted by Crippen LogP contribution is 2.26. The second-order valence-electron chi connectivity index (χ2n) is 5.09. The van der Waals surface area contributed by atoms with Crippen LogP contribution in [0.15, 0.2) is 0 Å². The number of unbranched alkanes of at least 4 members (excludes halogenated alkanes) is 2. The third-order valence-corrected chi connectivity index (χ3v) is 3.27. The third kappa shape index (κ3) is 4.26. The van der Waals surface area contributed by atoms with E-state index in [1.165, 1.54) is 32.1 Å². The Morgan fingerprint density at radius 3 is 2.64 bits per heavy atom. The quantitative estimate of drug-likeness (QED) is 0.588. The van der Waals surface area contributed by atoms with Crippen molar-refractivity contribution in [2.45, 2.75) is 65.2 Å². The molecule has 0 saturated heterocycles. The Balaban J connectivity index is 1.96. The number of hydrogen-bond donors (Lipinski definition) is 0. The number of Topliss-reactive ketones (excluding diaryl/α,β-unsaturated/α-hetero) is 1. The molecular formula is C13H24O. The van der Waals surface area contributed by atoms with E-state index in [9.17, 15) is 4.79 Å². The molecule has 1 aliphatic rings. The van der Waals surface area contributed by atoms with Crippen LogP contribution < -0.4 is 0 Å². The van der Waals surface area contributed by atoms with Crippen molar-refractivity contribution in [3.05, 3.63) is 0 Å². The number of hydrogen-bond acceptors (Lipinski definition) is 1. The first-order chi connectivity index (χ1) is 6.70. The summed E-state index contributed by atoms with van der Waals surface area (Å²) in [5.41, 5.74) is 0. The van der Waals surface area contributed by atoms with Crippen molar-refractivity contribution < 1.29 is 4.79 Å². The maximum absolute atomic E-state index is 11.3. The molecule has 0 spiro atoms. The molecule has 14 heavy (non-hydrogen) atoms. The van der Waals surface area contributed by atoms with E-state index in [4.69, 9.17) is 0 Å². The fourth-order valence-corrected chi connectivity index (χ4v) is 2.31. The van der Waals surface area contributed by atoms with E-state index in [-0.39, 0.29) is 0 Å². The third-order valence-electron chi connectivity index (χ3n) is 3.27. The molecule has 1 saturated carbocycles. The molecule has 0 N–H and O–H groups in total. The second kappa shape index (κ2) is 6.21. The summed E-state index contributed by atoms with van der Waals surface area (Å²) in [6.07, 6.45) is 9.62. The van der Waals surface area contributed by atoms with Crippen LogP contribution in [0.4, 0.5) is 0 Å². The van der Waals surface area contributed by atoms with Crippen LogP contribution in [-0.2, 0) is 4.79 Å². The summed E-state index contributed by atoms with van der Waals surface area (Å²) in [6.45, 7) is 4.56. The van der Waals surface area contributed by atoms with Gasteiger partial charge in [0.1, 0.15) is 5.78 Å². The van der Waals surface area contributed by atoms with E-state index in [2.05, 4.69) is 13.8 Å². The molecule has 1 atom stereocenters. The van der Waals surface area contributed by atoms with Gasteiger partial charge in [0.05, 0.1) is 0 Å². The summed E-state index contributed by atoms with van der Waals surface area (Å²) in [6, 6.07) is 0.